The second-order valence-electron chi connectivity index (χ2n) is 7.37. The molecule has 0 aliphatic heterocycles. The maximum Gasteiger partial charge on any atom is 0.223 e. The van der Waals surface area contributed by atoms with Crippen LogP contribution >= 0.6 is 0 Å². The third kappa shape index (κ3) is 4.49. The molecule has 0 saturated carbocycles. The average molecular weight is 426 g/mol. The Labute approximate surface area is 185 Å². The summed E-state index contributed by atoms with van der Waals surface area (Å²) in [7, 11) is 0. The molecular formula is C24H22N6O2. The first kappa shape index (κ1) is 21.2. The number of aryl methyl sites for hydroxylation is 2. The highest BCUT2D eigenvalue weighted by Gasteiger charge is 2.15. The Morgan fingerprint density at radius 2 is 2.00 bits per heavy atom. The Hall–Kier alpha value is -4.06. The normalized spacial score (nSPS) is 11.7. The Morgan fingerprint density at radius 1 is 1.16 bits per heavy atom. The quantitative estimate of drug-likeness (QED) is 0.483. The molecule has 0 radical (unpaired) electrons. The molecule has 0 bridgehead atoms. The van der Waals surface area contributed by atoms with E-state index in [4.69, 9.17) is 10.5 Å². The van der Waals surface area contributed by atoms with Crippen LogP contribution in [0.15, 0.2) is 60.9 Å². The van der Waals surface area contributed by atoms with E-state index in [1.165, 1.54) is 0 Å². The topological polar surface area (TPSA) is 123 Å². The van der Waals surface area contributed by atoms with Crippen molar-refractivity contribution in [3.05, 3.63) is 83.4 Å². The second kappa shape index (κ2) is 8.98. The van der Waals surface area contributed by atoms with E-state index in [2.05, 4.69) is 21.1 Å². The third-order valence-electron chi connectivity index (χ3n) is 4.89. The van der Waals surface area contributed by atoms with Gasteiger partial charge in [0.2, 0.25) is 5.88 Å². The zero-order valence-corrected chi connectivity index (χ0v) is 17.7. The van der Waals surface area contributed by atoms with Gasteiger partial charge in [0.25, 0.3) is 0 Å². The summed E-state index contributed by atoms with van der Waals surface area (Å²) < 4.78 is 7.70. The molecular weight excluding hydrogens is 404 g/mol. The molecule has 3 N–H and O–H groups in total. The summed E-state index contributed by atoms with van der Waals surface area (Å²) in [6.45, 7) is 3.91. The lowest BCUT2D eigenvalue weighted by molar-refractivity contribution is 0.186. The van der Waals surface area contributed by atoms with E-state index in [9.17, 15) is 10.4 Å². The fourth-order valence-corrected chi connectivity index (χ4v) is 3.29. The number of rotatable bonds is 6. The number of nitrogens with zero attached hydrogens (tertiary/aromatic N) is 5. The number of nitriles is 1. The van der Waals surface area contributed by atoms with Crippen LogP contribution in [-0.4, -0.2) is 31.4 Å². The van der Waals surface area contributed by atoms with Gasteiger partial charge in [-0.15, -0.1) is 0 Å². The van der Waals surface area contributed by atoms with Gasteiger partial charge in [-0.3, -0.25) is 0 Å². The van der Waals surface area contributed by atoms with Crippen molar-refractivity contribution in [3.8, 4) is 34.6 Å². The molecule has 8 heteroatoms. The van der Waals surface area contributed by atoms with Crippen molar-refractivity contribution in [2.45, 2.75) is 20.0 Å². The van der Waals surface area contributed by atoms with Gasteiger partial charge in [0.05, 0.1) is 29.6 Å². The van der Waals surface area contributed by atoms with Crippen LogP contribution in [0.25, 0.3) is 16.9 Å². The molecule has 0 unspecified atom stereocenters. The molecule has 0 spiro atoms. The summed E-state index contributed by atoms with van der Waals surface area (Å²) in [5, 5.41) is 23.7. The summed E-state index contributed by atoms with van der Waals surface area (Å²) in [4.78, 5) is 8.94. The maximum atomic E-state index is 10.00. The van der Waals surface area contributed by atoms with Crippen molar-refractivity contribution in [1.29, 1.82) is 5.26 Å². The van der Waals surface area contributed by atoms with Crippen molar-refractivity contribution in [1.82, 2.24) is 19.7 Å². The Bertz CT molecular complexity index is 1310. The molecule has 32 heavy (non-hydrogen) atoms. The summed E-state index contributed by atoms with van der Waals surface area (Å²) in [5.41, 5.74) is 9.97. The summed E-state index contributed by atoms with van der Waals surface area (Å²) >= 11 is 0. The first-order valence-corrected chi connectivity index (χ1v) is 10.0. The molecule has 4 rings (SSSR count). The minimum Gasteiger partial charge on any atom is -0.437 e. The fraction of sp³-hybridized carbons (Fsp3) is 0.167. The van der Waals surface area contributed by atoms with E-state index in [1.54, 1.807) is 48.3 Å². The molecule has 0 aliphatic carbocycles. The highest BCUT2D eigenvalue weighted by Crippen LogP contribution is 2.31. The van der Waals surface area contributed by atoms with Crippen LogP contribution in [0.2, 0.25) is 0 Å². The van der Waals surface area contributed by atoms with E-state index in [-0.39, 0.29) is 6.54 Å². The van der Waals surface area contributed by atoms with Crippen molar-refractivity contribution in [2.24, 2.45) is 5.73 Å². The van der Waals surface area contributed by atoms with Gasteiger partial charge in [-0.2, -0.15) is 15.3 Å². The number of aliphatic hydroxyl groups is 1. The number of hydrogen-bond acceptors (Lipinski definition) is 7. The van der Waals surface area contributed by atoms with Crippen molar-refractivity contribution < 1.29 is 9.84 Å². The highest BCUT2D eigenvalue weighted by atomic mass is 16.5. The lowest BCUT2D eigenvalue weighted by Crippen LogP contribution is -2.10. The van der Waals surface area contributed by atoms with Crippen molar-refractivity contribution in [2.75, 3.05) is 6.54 Å². The van der Waals surface area contributed by atoms with Gasteiger partial charge in [-0.1, -0.05) is 23.8 Å². The van der Waals surface area contributed by atoms with Crippen molar-refractivity contribution in [3.63, 3.8) is 0 Å². The third-order valence-corrected chi connectivity index (χ3v) is 4.89. The molecule has 160 valence electrons. The Morgan fingerprint density at radius 3 is 2.75 bits per heavy atom. The van der Waals surface area contributed by atoms with Crippen LogP contribution in [0.1, 0.15) is 28.6 Å². The van der Waals surface area contributed by atoms with Gasteiger partial charge < -0.3 is 15.6 Å². The van der Waals surface area contributed by atoms with Crippen LogP contribution in [0, 0.1) is 25.2 Å². The number of benzene rings is 2. The van der Waals surface area contributed by atoms with Crippen LogP contribution in [-0.2, 0) is 0 Å². The molecule has 0 aliphatic rings. The lowest BCUT2D eigenvalue weighted by atomic mass is 10.1. The predicted molar refractivity (Wildman–Crippen MR) is 119 cm³/mol. The van der Waals surface area contributed by atoms with E-state index in [0.29, 0.717) is 34.3 Å². The highest BCUT2D eigenvalue weighted by molar-refractivity contribution is 5.61. The number of aliphatic hydroxyl groups excluding tert-OH is 1. The van der Waals surface area contributed by atoms with E-state index in [0.717, 1.165) is 16.8 Å². The molecule has 0 fully saturated rings. The van der Waals surface area contributed by atoms with Gasteiger partial charge >= 0.3 is 0 Å². The monoisotopic (exact) mass is 426 g/mol. The number of aromatic nitrogens is 4. The molecule has 4 aromatic rings. The number of nitrogens with two attached hydrogens (primary N) is 1. The maximum absolute atomic E-state index is 10.00. The SMILES string of the molecule is Cc1cccc(-c2cc(Oc3cc(C#N)ccc3-n3cc([C@H](O)CN)cn3)nc(C)n2)c1. The zero-order chi connectivity index (χ0) is 22.7. The minimum absolute atomic E-state index is 0.0877. The molecule has 8 nitrogen and oxygen atoms in total. The summed E-state index contributed by atoms with van der Waals surface area (Å²) in [6, 6.07) is 16.9. The Balaban J connectivity index is 1.74. The van der Waals surface area contributed by atoms with Crippen LogP contribution in [0.3, 0.4) is 0 Å². The Kier molecular flexibility index (Phi) is 5.94. The van der Waals surface area contributed by atoms with Crippen LogP contribution in [0.5, 0.6) is 11.6 Å². The van der Waals surface area contributed by atoms with E-state index >= 15 is 0 Å². The van der Waals surface area contributed by atoms with E-state index in [1.807, 2.05) is 31.2 Å². The first-order chi connectivity index (χ1) is 15.5. The first-order valence-electron chi connectivity index (χ1n) is 10.0. The molecule has 2 heterocycles. The number of hydrogen-bond donors (Lipinski definition) is 2. The standard InChI is InChI=1S/C24H22N6O2/c1-15-4-3-5-18(8-15)20-10-24(29-16(2)28-20)32-23-9-17(11-25)6-7-21(23)30-14-19(13-27-30)22(31)12-26/h3-10,13-14,22,31H,12,26H2,1-2H3/t22-/m1/s1. The molecule has 1 atom stereocenters. The molecule has 2 aromatic heterocycles. The molecule has 0 saturated heterocycles. The van der Waals surface area contributed by atoms with Crippen LogP contribution in [0.4, 0.5) is 0 Å². The summed E-state index contributed by atoms with van der Waals surface area (Å²) in [5.74, 6) is 1.30. The van der Waals surface area contributed by atoms with E-state index < -0.39 is 6.10 Å². The lowest BCUT2D eigenvalue weighted by Gasteiger charge is -2.13. The van der Waals surface area contributed by atoms with Gasteiger partial charge in [-0.25, -0.2) is 9.67 Å². The average Bonchev–Trinajstić information content (AvgIpc) is 3.28. The second-order valence-corrected chi connectivity index (χ2v) is 7.37. The van der Waals surface area contributed by atoms with Gasteiger partial charge in [0.15, 0.2) is 5.75 Å². The smallest absolute Gasteiger partial charge is 0.223 e. The largest absolute Gasteiger partial charge is 0.437 e. The zero-order valence-electron chi connectivity index (χ0n) is 17.7. The molecule has 2 aromatic carbocycles. The van der Waals surface area contributed by atoms with Crippen LogP contribution < -0.4 is 10.5 Å². The van der Waals surface area contributed by atoms with Gasteiger partial charge in [-0.05, 0) is 32.0 Å². The molecule has 0 amide bonds. The van der Waals surface area contributed by atoms with Crippen molar-refractivity contribution >= 4 is 0 Å². The summed E-state index contributed by atoms with van der Waals surface area (Å²) in [6.07, 6.45) is 2.41. The number of ether oxygens (including phenoxy) is 1. The predicted octanol–water partition coefficient (Wildman–Crippen LogP) is 3.60. The minimum atomic E-state index is -0.812. The van der Waals surface area contributed by atoms with Gasteiger partial charge in [0.1, 0.15) is 11.5 Å². The van der Waals surface area contributed by atoms with Gasteiger partial charge in [0, 0.05) is 36.0 Å². The fourth-order valence-electron chi connectivity index (χ4n) is 3.29.